The maximum atomic E-state index is 13.6. The average molecular weight is 792 g/mol. The van der Waals surface area contributed by atoms with Gasteiger partial charge in [0.15, 0.2) is 5.69 Å². The summed E-state index contributed by atoms with van der Waals surface area (Å²) < 4.78 is 13.9. The third-order valence-corrected chi connectivity index (χ3v) is 12.4. The SMILES string of the molecule is CCCN(Cc1[nH]c(-c2cc3sc(-c4ccc5nc(C6CCCN6C(=O)C(NC(=O)OC)C(C)C)[nH]c5c4)cc3s2)c[n+]1C)C(=O)C(NC(=O)OC)C(C)C. The second-order valence-corrected chi connectivity index (χ2v) is 16.9. The summed E-state index contributed by atoms with van der Waals surface area (Å²) in [7, 11) is 4.55. The number of thiophene rings is 2. The van der Waals surface area contributed by atoms with Gasteiger partial charge in [-0.3, -0.25) is 9.59 Å². The minimum Gasteiger partial charge on any atom is -0.453 e. The van der Waals surface area contributed by atoms with Crippen molar-refractivity contribution in [1.29, 1.82) is 0 Å². The number of imidazole rings is 2. The minimum absolute atomic E-state index is 0.105. The van der Waals surface area contributed by atoms with Crippen LogP contribution in [0.4, 0.5) is 9.59 Å². The first-order valence-corrected chi connectivity index (χ1v) is 20.3. The summed E-state index contributed by atoms with van der Waals surface area (Å²) in [5.41, 5.74) is 3.78. The van der Waals surface area contributed by atoms with Crippen molar-refractivity contribution < 1.29 is 33.2 Å². The number of fused-ring (bicyclic) bond motifs is 2. The Balaban J connectivity index is 1.18. The number of nitrogens with one attached hydrogen (secondary N) is 4. The molecule has 14 nitrogen and oxygen atoms in total. The number of alkyl carbamates (subject to hydrolysis) is 2. The zero-order valence-electron chi connectivity index (χ0n) is 32.6. The third-order valence-electron chi connectivity index (χ3n) is 10.1. The summed E-state index contributed by atoms with van der Waals surface area (Å²) in [5.74, 6) is 1.13. The summed E-state index contributed by atoms with van der Waals surface area (Å²) >= 11 is 3.44. The van der Waals surface area contributed by atoms with Crippen LogP contribution in [0.15, 0.2) is 36.5 Å². The zero-order valence-corrected chi connectivity index (χ0v) is 34.3. The highest BCUT2D eigenvalue weighted by molar-refractivity contribution is 7.31. The molecular formula is C39H51N8O6S2+. The highest BCUT2D eigenvalue weighted by Gasteiger charge is 2.38. The van der Waals surface area contributed by atoms with Crippen LogP contribution in [0.1, 0.15) is 71.6 Å². The van der Waals surface area contributed by atoms with Crippen molar-refractivity contribution in [2.45, 2.75) is 78.6 Å². The number of amides is 4. The number of aromatic nitrogens is 4. The molecular weight excluding hydrogens is 741 g/mol. The fourth-order valence-electron chi connectivity index (χ4n) is 7.08. The van der Waals surface area contributed by atoms with Gasteiger partial charge in [0.2, 0.25) is 11.8 Å². The number of nitrogens with zero attached hydrogens (tertiary/aromatic N) is 4. The van der Waals surface area contributed by atoms with E-state index in [4.69, 9.17) is 14.5 Å². The number of benzene rings is 1. The second kappa shape index (κ2) is 16.8. The molecule has 1 aliphatic rings. The molecule has 1 saturated heterocycles. The van der Waals surface area contributed by atoms with Gasteiger partial charge in [0.1, 0.15) is 30.6 Å². The Morgan fingerprint density at radius 1 is 0.964 bits per heavy atom. The van der Waals surface area contributed by atoms with Crippen LogP contribution in [-0.2, 0) is 32.7 Å². The number of H-pyrrole nitrogens is 2. The lowest BCUT2D eigenvalue weighted by atomic mass is 10.0. The number of carbonyl (C=O) groups is 4. The fraction of sp³-hybridized carbons (Fsp3) is 0.487. The maximum absolute atomic E-state index is 13.6. The molecule has 1 aromatic carbocycles. The van der Waals surface area contributed by atoms with Crippen molar-refractivity contribution in [3.05, 3.63) is 48.2 Å². The Bertz CT molecular complexity index is 2150. The van der Waals surface area contributed by atoms with Gasteiger partial charge in [0.05, 0.1) is 43.2 Å². The van der Waals surface area contributed by atoms with E-state index in [1.165, 1.54) is 23.6 Å². The van der Waals surface area contributed by atoms with E-state index in [1.807, 2.05) is 63.4 Å². The zero-order chi connectivity index (χ0) is 39.6. The van der Waals surface area contributed by atoms with Crippen molar-refractivity contribution in [3.8, 4) is 21.0 Å². The molecule has 5 aromatic rings. The van der Waals surface area contributed by atoms with E-state index in [1.54, 1.807) is 27.6 Å². The number of carbonyl (C=O) groups excluding carboxylic acids is 4. The van der Waals surface area contributed by atoms with E-state index >= 15 is 0 Å². The normalized spacial score (nSPS) is 15.5. The number of rotatable bonds is 13. The Kier molecular flexibility index (Phi) is 12.1. The van der Waals surface area contributed by atoms with Gasteiger partial charge in [0.25, 0.3) is 5.82 Å². The minimum atomic E-state index is -0.692. The van der Waals surface area contributed by atoms with Crippen LogP contribution in [0.5, 0.6) is 0 Å². The number of aryl methyl sites for hydroxylation is 1. The Hall–Kier alpha value is -4.96. The van der Waals surface area contributed by atoms with Crippen LogP contribution in [0.25, 0.3) is 41.4 Å². The molecule has 0 aliphatic carbocycles. The maximum Gasteiger partial charge on any atom is 0.407 e. The van der Waals surface area contributed by atoms with Gasteiger partial charge in [-0.25, -0.2) is 24.1 Å². The first-order valence-electron chi connectivity index (χ1n) is 18.7. The third kappa shape index (κ3) is 8.49. The number of aromatic amines is 2. The first kappa shape index (κ1) is 39.7. The van der Waals surface area contributed by atoms with Crippen LogP contribution >= 0.6 is 22.7 Å². The predicted octanol–water partition coefficient (Wildman–Crippen LogP) is 6.49. The summed E-state index contributed by atoms with van der Waals surface area (Å²) in [5, 5.41) is 5.41. The van der Waals surface area contributed by atoms with Crippen LogP contribution in [0.2, 0.25) is 0 Å². The highest BCUT2D eigenvalue weighted by Crippen LogP contribution is 2.42. The number of ether oxygens (including phenoxy) is 2. The van der Waals surface area contributed by atoms with E-state index < -0.39 is 24.3 Å². The second-order valence-electron chi connectivity index (χ2n) is 14.7. The van der Waals surface area contributed by atoms with Crippen LogP contribution in [0.3, 0.4) is 0 Å². The molecule has 4 amide bonds. The highest BCUT2D eigenvalue weighted by atomic mass is 32.1. The number of hydrogen-bond donors (Lipinski definition) is 4. The van der Waals surface area contributed by atoms with Crippen molar-refractivity contribution in [1.82, 2.24) is 35.4 Å². The number of likely N-dealkylation sites (tertiary alicyclic amines) is 1. The van der Waals surface area contributed by atoms with Gasteiger partial charge >= 0.3 is 12.2 Å². The molecule has 3 unspecified atom stereocenters. The summed E-state index contributed by atoms with van der Waals surface area (Å²) in [6, 6.07) is 9.05. The number of hydrogen-bond acceptors (Lipinski definition) is 9. The lowest BCUT2D eigenvalue weighted by Gasteiger charge is -2.29. The smallest absolute Gasteiger partial charge is 0.407 e. The van der Waals surface area contributed by atoms with E-state index in [0.717, 1.165) is 63.0 Å². The molecule has 0 bridgehead atoms. The van der Waals surface area contributed by atoms with E-state index in [-0.39, 0.29) is 29.7 Å². The molecule has 5 heterocycles. The molecule has 0 radical (unpaired) electrons. The van der Waals surface area contributed by atoms with Gasteiger partial charge < -0.3 is 34.9 Å². The van der Waals surface area contributed by atoms with Gasteiger partial charge in [-0.1, -0.05) is 40.7 Å². The molecule has 294 valence electrons. The molecule has 3 atom stereocenters. The van der Waals surface area contributed by atoms with Gasteiger partial charge in [-0.2, -0.15) is 0 Å². The predicted molar refractivity (Wildman–Crippen MR) is 213 cm³/mol. The number of methoxy groups -OCH3 is 2. The molecule has 0 saturated carbocycles. The van der Waals surface area contributed by atoms with Crippen molar-refractivity contribution in [2.24, 2.45) is 18.9 Å². The monoisotopic (exact) mass is 791 g/mol. The standard InChI is InChI=1S/C39H50N8O6S2/c1-9-14-46(36(48)33(21(2)3)43-38(50)52-7)20-32-40-26(19-45(32)6)29-18-31-30(55-29)17-28(54-31)23-12-13-24-25(16-23)42-35(41-24)27-11-10-15-47(27)37(49)34(22(4)5)44-39(51)53-8/h12-13,16-19,21-22,27,33-34H,9-11,14-15,20H2,1-8H3,(H3,41,42,43,44,50,51)/p+1. The molecule has 4 aromatic heterocycles. The van der Waals surface area contributed by atoms with Gasteiger partial charge in [0, 0.05) is 27.4 Å². The van der Waals surface area contributed by atoms with Crippen LogP contribution < -0.4 is 15.2 Å². The van der Waals surface area contributed by atoms with E-state index in [9.17, 15) is 19.2 Å². The average Bonchev–Trinajstić information content (AvgIpc) is 3.99. The Labute approximate surface area is 328 Å². The van der Waals surface area contributed by atoms with E-state index in [2.05, 4.69) is 44.9 Å². The molecule has 0 spiro atoms. The fourth-order valence-corrected chi connectivity index (χ4v) is 9.44. The Morgan fingerprint density at radius 3 is 2.27 bits per heavy atom. The summed E-state index contributed by atoms with van der Waals surface area (Å²) in [6.45, 7) is 11.2. The summed E-state index contributed by atoms with van der Waals surface area (Å²) in [6.07, 6.45) is 3.22. The molecule has 55 heavy (non-hydrogen) atoms. The lowest BCUT2D eigenvalue weighted by molar-refractivity contribution is -0.678. The molecule has 16 heteroatoms. The molecule has 4 N–H and O–H groups in total. The molecule has 1 aliphatic heterocycles. The van der Waals surface area contributed by atoms with Gasteiger partial charge in [-0.15, -0.1) is 22.7 Å². The van der Waals surface area contributed by atoms with Crippen molar-refractivity contribution in [3.63, 3.8) is 0 Å². The Morgan fingerprint density at radius 2 is 1.62 bits per heavy atom. The van der Waals surface area contributed by atoms with Gasteiger partial charge in [-0.05, 0) is 60.9 Å². The lowest BCUT2D eigenvalue weighted by Crippen LogP contribution is -2.52. The summed E-state index contributed by atoms with van der Waals surface area (Å²) in [4.78, 5) is 69.0. The first-order chi connectivity index (χ1) is 26.3. The molecule has 1 fully saturated rings. The quantitative estimate of drug-likeness (QED) is 0.0991. The van der Waals surface area contributed by atoms with Crippen molar-refractivity contribution >= 4 is 67.1 Å². The van der Waals surface area contributed by atoms with Crippen molar-refractivity contribution in [2.75, 3.05) is 27.3 Å². The van der Waals surface area contributed by atoms with E-state index in [0.29, 0.717) is 19.6 Å². The topological polar surface area (TPSA) is 166 Å². The van der Waals surface area contributed by atoms with Crippen LogP contribution in [0, 0.1) is 11.8 Å². The van der Waals surface area contributed by atoms with Crippen LogP contribution in [-0.4, -0.2) is 88.1 Å². The largest absolute Gasteiger partial charge is 0.453 e. The molecule has 6 rings (SSSR count).